The molecule has 1 aromatic heterocycles. The predicted molar refractivity (Wildman–Crippen MR) is 102 cm³/mol. The van der Waals surface area contributed by atoms with Gasteiger partial charge in [-0.05, 0) is 24.3 Å². The molecule has 0 radical (unpaired) electrons. The number of benzene rings is 2. The number of hydrogen-bond acceptors (Lipinski definition) is 4. The molecule has 0 spiro atoms. The lowest BCUT2D eigenvalue weighted by molar-refractivity contribution is 0.0929. The summed E-state index contributed by atoms with van der Waals surface area (Å²) in [6.07, 6.45) is 0. The Morgan fingerprint density at radius 2 is 1.78 bits per heavy atom. The summed E-state index contributed by atoms with van der Waals surface area (Å²) in [7, 11) is 1.55. The first-order chi connectivity index (χ1) is 13.1. The Morgan fingerprint density at radius 3 is 2.59 bits per heavy atom. The number of carbonyl (C=O) groups is 2. The van der Waals surface area contributed by atoms with Crippen LogP contribution in [0, 0.1) is 11.8 Å². The summed E-state index contributed by atoms with van der Waals surface area (Å²) >= 11 is 0. The Labute approximate surface area is 155 Å². The number of nitrogens with one attached hydrogen (secondary N) is 2. The molecule has 2 amide bonds. The van der Waals surface area contributed by atoms with Crippen molar-refractivity contribution in [3.8, 4) is 11.8 Å². The average Bonchev–Trinajstić information content (AvgIpc) is 2.70. The van der Waals surface area contributed by atoms with E-state index in [4.69, 9.17) is 4.42 Å². The molecule has 6 heteroatoms. The van der Waals surface area contributed by atoms with Gasteiger partial charge < -0.3 is 15.1 Å². The van der Waals surface area contributed by atoms with Crippen molar-refractivity contribution in [3.63, 3.8) is 0 Å². The lowest BCUT2D eigenvalue weighted by Gasteiger charge is -2.03. The van der Waals surface area contributed by atoms with Crippen molar-refractivity contribution >= 4 is 22.8 Å². The van der Waals surface area contributed by atoms with Crippen molar-refractivity contribution in [2.75, 3.05) is 13.6 Å². The number of hydrogen-bond donors (Lipinski definition) is 2. The third-order valence-corrected chi connectivity index (χ3v) is 3.82. The quantitative estimate of drug-likeness (QED) is 0.699. The van der Waals surface area contributed by atoms with E-state index in [1.54, 1.807) is 55.6 Å². The van der Waals surface area contributed by atoms with Gasteiger partial charge in [-0.1, -0.05) is 36.1 Å². The van der Waals surface area contributed by atoms with Gasteiger partial charge in [-0.3, -0.25) is 14.4 Å². The van der Waals surface area contributed by atoms with Gasteiger partial charge in [0, 0.05) is 18.7 Å². The van der Waals surface area contributed by atoms with Gasteiger partial charge in [-0.2, -0.15) is 0 Å². The molecule has 0 bridgehead atoms. The molecule has 2 aromatic carbocycles. The van der Waals surface area contributed by atoms with E-state index in [0.29, 0.717) is 22.1 Å². The third kappa shape index (κ3) is 4.05. The number of carbonyl (C=O) groups excluding carboxylic acids is 2. The zero-order valence-electron chi connectivity index (χ0n) is 14.5. The van der Waals surface area contributed by atoms with Crippen molar-refractivity contribution in [2.45, 2.75) is 0 Å². The van der Waals surface area contributed by atoms with E-state index in [1.807, 2.05) is 0 Å². The second-order valence-electron chi connectivity index (χ2n) is 5.58. The molecular formula is C21H16N2O4. The molecule has 3 rings (SSSR count). The van der Waals surface area contributed by atoms with Gasteiger partial charge in [0.2, 0.25) is 0 Å². The van der Waals surface area contributed by atoms with Crippen LogP contribution in [0.25, 0.3) is 11.0 Å². The molecule has 2 N–H and O–H groups in total. The summed E-state index contributed by atoms with van der Waals surface area (Å²) in [6.45, 7) is 0.0391. The number of para-hydroxylation sites is 1. The maximum atomic E-state index is 12.2. The molecule has 0 aliphatic heterocycles. The minimum atomic E-state index is -0.535. The standard InChI is InChI=1S/C21H16N2O4/c1-22-20(25)15-9-3-2-7-14(15)8-6-12-23-21(26)19-13-17(24)16-10-4-5-11-18(16)27-19/h2-5,7,9-11,13H,12H2,1H3,(H,22,25)(H,23,26). The van der Waals surface area contributed by atoms with Crippen LogP contribution in [-0.4, -0.2) is 25.4 Å². The largest absolute Gasteiger partial charge is 0.451 e. The molecule has 0 atom stereocenters. The van der Waals surface area contributed by atoms with E-state index in [1.165, 1.54) is 0 Å². The smallest absolute Gasteiger partial charge is 0.287 e. The Hall–Kier alpha value is -3.85. The number of rotatable bonds is 3. The molecular weight excluding hydrogens is 344 g/mol. The molecule has 0 saturated heterocycles. The summed E-state index contributed by atoms with van der Waals surface area (Å²) in [5, 5.41) is 5.55. The molecule has 0 unspecified atom stereocenters. The van der Waals surface area contributed by atoms with Crippen LogP contribution in [0.5, 0.6) is 0 Å². The van der Waals surface area contributed by atoms with Crippen molar-refractivity contribution in [1.82, 2.24) is 10.6 Å². The first kappa shape index (κ1) is 18.0. The van der Waals surface area contributed by atoms with E-state index in [9.17, 15) is 14.4 Å². The zero-order valence-corrected chi connectivity index (χ0v) is 14.5. The maximum Gasteiger partial charge on any atom is 0.287 e. The fourth-order valence-corrected chi connectivity index (χ4v) is 2.49. The lowest BCUT2D eigenvalue weighted by Crippen LogP contribution is -2.24. The summed E-state index contributed by atoms with van der Waals surface area (Å²) in [6, 6.07) is 14.8. The summed E-state index contributed by atoms with van der Waals surface area (Å²) in [5.41, 5.74) is 1.08. The Kier molecular flexibility index (Phi) is 5.33. The first-order valence-corrected chi connectivity index (χ1v) is 8.21. The van der Waals surface area contributed by atoms with Crippen molar-refractivity contribution in [1.29, 1.82) is 0 Å². The fraction of sp³-hybridized carbons (Fsp3) is 0.0952. The summed E-state index contributed by atoms with van der Waals surface area (Å²) in [4.78, 5) is 36.0. The Bertz CT molecular complexity index is 1140. The third-order valence-electron chi connectivity index (χ3n) is 3.82. The van der Waals surface area contributed by atoms with Crippen LogP contribution in [0.3, 0.4) is 0 Å². The van der Waals surface area contributed by atoms with Crippen molar-refractivity contribution in [2.24, 2.45) is 0 Å². The first-order valence-electron chi connectivity index (χ1n) is 8.21. The van der Waals surface area contributed by atoms with Gasteiger partial charge in [0.1, 0.15) is 5.58 Å². The SMILES string of the molecule is CNC(=O)c1ccccc1C#CCNC(=O)c1cc(=O)c2ccccc2o1. The van der Waals surface area contributed by atoms with E-state index in [0.717, 1.165) is 6.07 Å². The van der Waals surface area contributed by atoms with Crippen LogP contribution in [0.4, 0.5) is 0 Å². The van der Waals surface area contributed by atoms with Crippen LogP contribution < -0.4 is 16.1 Å². The molecule has 0 aliphatic carbocycles. The summed E-state index contributed by atoms with van der Waals surface area (Å²) in [5.74, 6) is 4.80. The highest BCUT2D eigenvalue weighted by atomic mass is 16.3. The monoisotopic (exact) mass is 360 g/mol. The van der Waals surface area contributed by atoms with Crippen LogP contribution in [0.1, 0.15) is 26.5 Å². The summed E-state index contributed by atoms with van der Waals surface area (Å²) < 4.78 is 5.47. The average molecular weight is 360 g/mol. The highest BCUT2D eigenvalue weighted by molar-refractivity contribution is 5.96. The van der Waals surface area contributed by atoms with Gasteiger partial charge in [0.25, 0.3) is 11.8 Å². The number of amides is 2. The molecule has 0 fully saturated rings. The maximum absolute atomic E-state index is 12.2. The van der Waals surface area contributed by atoms with Gasteiger partial charge >= 0.3 is 0 Å². The fourth-order valence-electron chi connectivity index (χ4n) is 2.49. The number of fused-ring (bicyclic) bond motifs is 1. The molecule has 0 saturated carbocycles. The van der Waals surface area contributed by atoms with Crippen molar-refractivity contribution < 1.29 is 14.0 Å². The van der Waals surface area contributed by atoms with Crippen LogP contribution >= 0.6 is 0 Å². The predicted octanol–water partition coefficient (Wildman–Crippen LogP) is 1.93. The normalized spacial score (nSPS) is 9.96. The molecule has 3 aromatic rings. The molecule has 27 heavy (non-hydrogen) atoms. The van der Waals surface area contributed by atoms with E-state index >= 15 is 0 Å². The lowest BCUT2D eigenvalue weighted by atomic mass is 10.1. The molecule has 1 heterocycles. The van der Waals surface area contributed by atoms with E-state index in [-0.39, 0.29) is 23.6 Å². The highest BCUT2D eigenvalue weighted by Gasteiger charge is 2.11. The topological polar surface area (TPSA) is 88.4 Å². The minimum Gasteiger partial charge on any atom is -0.451 e. The Balaban J connectivity index is 1.72. The molecule has 6 nitrogen and oxygen atoms in total. The van der Waals surface area contributed by atoms with Crippen LogP contribution in [-0.2, 0) is 0 Å². The van der Waals surface area contributed by atoms with Gasteiger partial charge in [0.15, 0.2) is 11.2 Å². The van der Waals surface area contributed by atoms with Gasteiger partial charge in [-0.25, -0.2) is 0 Å². The van der Waals surface area contributed by atoms with Crippen LogP contribution in [0.15, 0.2) is 63.8 Å². The van der Waals surface area contributed by atoms with E-state index < -0.39 is 5.91 Å². The second-order valence-corrected chi connectivity index (χ2v) is 5.58. The molecule has 0 aliphatic rings. The second kappa shape index (κ2) is 8.02. The van der Waals surface area contributed by atoms with E-state index in [2.05, 4.69) is 22.5 Å². The van der Waals surface area contributed by atoms with Gasteiger partial charge in [0.05, 0.1) is 17.5 Å². The van der Waals surface area contributed by atoms with Crippen LogP contribution in [0.2, 0.25) is 0 Å². The van der Waals surface area contributed by atoms with Crippen molar-refractivity contribution in [3.05, 3.63) is 81.7 Å². The van der Waals surface area contributed by atoms with Gasteiger partial charge in [-0.15, -0.1) is 0 Å². The highest BCUT2D eigenvalue weighted by Crippen LogP contribution is 2.11. The Morgan fingerprint density at radius 1 is 1.04 bits per heavy atom. The minimum absolute atomic E-state index is 0.0391. The zero-order chi connectivity index (χ0) is 19.2. The molecule has 134 valence electrons.